The summed E-state index contributed by atoms with van der Waals surface area (Å²) in [4.78, 5) is 0. The van der Waals surface area contributed by atoms with E-state index in [9.17, 15) is 19.0 Å². The Balaban J connectivity index is 2.15. The highest BCUT2D eigenvalue weighted by atomic mass is 19.3. The van der Waals surface area contributed by atoms with Gasteiger partial charge in [-0.15, -0.1) is 0 Å². The largest absolute Gasteiger partial charge is 0.390 e. The van der Waals surface area contributed by atoms with Gasteiger partial charge in [0.05, 0.1) is 5.60 Å². The zero-order valence-electron chi connectivity index (χ0n) is 12.6. The lowest BCUT2D eigenvalue weighted by atomic mass is 9.96. The first-order chi connectivity index (χ1) is 10.3. The molecule has 0 fully saturated rings. The molecule has 22 heavy (non-hydrogen) atoms. The Morgan fingerprint density at radius 1 is 0.909 bits per heavy atom. The molecule has 2 aromatic rings. The third-order valence-corrected chi connectivity index (χ3v) is 3.41. The molecule has 118 valence electrons. The van der Waals surface area contributed by atoms with Gasteiger partial charge in [-0.1, -0.05) is 48.5 Å². The highest BCUT2D eigenvalue weighted by molar-refractivity contribution is 5.64. The number of rotatable bonds is 5. The quantitative estimate of drug-likeness (QED) is 0.877. The van der Waals surface area contributed by atoms with Crippen LogP contribution in [0.4, 0.5) is 8.78 Å². The lowest BCUT2D eigenvalue weighted by Gasteiger charge is -2.17. The van der Waals surface area contributed by atoms with Gasteiger partial charge in [-0.3, -0.25) is 0 Å². The molecule has 0 saturated heterocycles. The van der Waals surface area contributed by atoms with Crippen molar-refractivity contribution < 1.29 is 19.0 Å². The van der Waals surface area contributed by atoms with Crippen LogP contribution in [0.2, 0.25) is 0 Å². The van der Waals surface area contributed by atoms with Gasteiger partial charge in [-0.05, 0) is 36.1 Å². The number of aliphatic hydroxyl groups is 2. The van der Waals surface area contributed by atoms with Gasteiger partial charge >= 0.3 is 0 Å². The molecule has 2 aromatic carbocycles. The van der Waals surface area contributed by atoms with Crippen molar-refractivity contribution in [2.24, 2.45) is 0 Å². The highest BCUT2D eigenvalue weighted by Crippen LogP contribution is 2.25. The van der Waals surface area contributed by atoms with Gasteiger partial charge < -0.3 is 10.2 Å². The maximum atomic E-state index is 12.4. The number of alkyl halides is 2. The lowest BCUT2D eigenvalue weighted by Crippen LogP contribution is -2.21. The summed E-state index contributed by atoms with van der Waals surface area (Å²) in [5.74, 6) is 0. The molecule has 2 N–H and O–H groups in total. The van der Waals surface area contributed by atoms with Crippen LogP contribution in [0, 0.1) is 0 Å². The minimum absolute atomic E-state index is 0.206. The Kier molecular flexibility index (Phi) is 4.94. The van der Waals surface area contributed by atoms with Crippen LogP contribution in [0.15, 0.2) is 48.5 Å². The van der Waals surface area contributed by atoms with E-state index in [1.807, 2.05) is 24.3 Å². The van der Waals surface area contributed by atoms with Gasteiger partial charge in [-0.2, -0.15) is 0 Å². The average molecular weight is 306 g/mol. The summed E-state index contributed by atoms with van der Waals surface area (Å²) in [6, 6.07) is 14.2. The predicted octanol–water partition coefficient (Wildman–Crippen LogP) is 3.97. The number of hydrogen-bond donors (Lipinski definition) is 2. The Bertz CT molecular complexity index is 598. The second-order valence-corrected chi connectivity index (χ2v) is 6.09. The van der Waals surface area contributed by atoms with Crippen molar-refractivity contribution in [2.45, 2.75) is 38.4 Å². The number of hydrogen-bond acceptors (Lipinski definition) is 2. The molecule has 0 radical (unpaired) electrons. The first kappa shape index (κ1) is 16.6. The molecule has 0 spiro atoms. The summed E-state index contributed by atoms with van der Waals surface area (Å²) >= 11 is 0. The van der Waals surface area contributed by atoms with Crippen molar-refractivity contribution in [3.05, 3.63) is 59.7 Å². The second-order valence-electron chi connectivity index (χ2n) is 6.09. The van der Waals surface area contributed by atoms with E-state index in [0.717, 1.165) is 16.7 Å². The number of aliphatic hydroxyl groups excluding tert-OH is 1. The summed E-state index contributed by atoms with van der Waals surface area (Å²) in [5, 5.41) is 19.1. The summed E-state index contributed by atoms with van der Waals surface area (Å²) in [5.41, 5.74) is 2.32. The highest BCUT2D eigenvalue weighted by Gasteiger charge is 2.18. The Morgan fingerprint density at radius 3 is 1.77 bits per heavy atom. The summed E-state index contributed by atoms with van der Waals surface area (Å²) < 4.78 is 24.9. The molecular formula is C18H20F2O2. The fourth-order valence-electron chi connectivity index (χ4n) is 2.33. The van der Waals surface area contributed by atoms with E-state index < -0.39 is 18.1 Å². The molecular weight excluding hydrogens is 286 g/mol. The van der Waals surface area contributed by atoms with Crippen molar-refractivity contribution in [3.63, 3.8) is 0 Å². The summed E-state index contributed by atoms with van der Waals surface area (Å²) in [6.45, 7) is 3.52. The fourth-order valence-corrected chi connectivity index (χ4v) is 2.33. The molecule has 1 atom stereocenters. The van der Waals surface area contributed by atoms with Crippen LogP contribution in [0.25, 0.3) is 11.1 Å². The molecule has 0 bridgehead atoms. The van der Waals surface area contributed by atoms with Crippen LogP contribution in [0.3, 0.4) is 0 Å². The van der Waals surface area contributed by atoms with Gasteiger partial charge in [0.15, 0.2) is 0 Å². The van der Waals surface area contributed by atoms with E-state index in [-0.39, 0.29) is 5.56 Å². The van der Waals surface area contributed by atoms with Crippen molar-refractivity contribution in [2.75, 3.05) is 0 Å². The lowest BCUT2D eigenvalue weighted by molar-refractivity contribution is -0.00577. The molecule has 2 rings (SSSR count). The maximum Gasteiger partial charge on any atom is 0.268 e. The van der Waals surface area contributed by atoms with Crippen LogP contribution in [-0.4, -0.2) is 22.2 Å². The fraction of sp³-hybridized carbons (Fsp3) is 0.333. The molecule has 0 saturated carbocycles. The molecule has 0 heterocycles. The molecule has 0 aliphatic carbocycles. The van der Waals surface area contributed by atoms with Gasteiger partial charge in [-0.25, -0.2) is 8.78 Å². The molecule has 4 heteroatoms. The average Bonchev–Trinajstić information content (AvgIpc) is 2.46. The van der Waals surface area contributed by atoms with Crippen molar-refractivity contribution >= 4 is 0 Å². The second kappa shape index (κ2) is 6.55. The number of halogens is 2. The minimum Gasteiger partial charge on any atom is -0.390 e. The smallest absolute Gasteiger partial charge is 0.268 e. The molecule has 0 aliphatic heterocycles. The van der Waals surface area contributed by atoms with Crippen LogP contribution >= 0.6 is 0 Å². The SMILES string of the molecule is CC(C)(O)Cc1ccc(-c2ccc(C(O)C(F)F)cc2)cc1. The zero-order chi connectivity index (χ0) is 16.3. The van der Waals surface area contributed by atoms with E-state index in [0.29, 0.717) is 6.42 Å². The normalized spacial score (nSPS) is 13.4. The minimum atomic E-state index is -2.79. The van der Waals surface area contributed by atoms with Crippen LogP contribution in [0.1, 0.15) is 31.1 Å². The van der Waals surface area contributed by atoms with Gasteiger partial charge in [0.25, 0.3) is 6.43 Å². The van der Waals surface area contributed by atoms with Crippen LogP contribution in [0.5, 0.6) is 0 Å². The molecule has 0 aromatic heterocycles. The predicted molar refractivity (Wildman–Crippen MR) is 82.8 cm³/mol. The molecule has 0 aliphatic rings. The molecule has 2 nitrogen and oxygen atoms in total. The maximum absolute atomic E-state index is 12.4. The van der Waals surface area contributed by atoms with Gasteiger partial charge in [0.1, 0.15) is 6.10 Å². The Labute approximate surface area is 129 Å². The third-order valence-electron chi connectivity index (χ3n) is 3.41. The zero-order valence-corrected chi connectivity index (χ0v) is 12.6. The Morgan fingerprint density at radius 2 is 1.36 bits per heavy atom. The monoisotopic (exact) mass is 306 g/mol. The van der Waals surface area contributed by atoms with E-state index >= 15 is 0 Å². The van der Waals surface area contributed by atoms with Crippen LogP contribution < -0.4 is 0 Å². The molecule has 0 amide bonds. The summed E-state index contributed by atoms with van der Waals surface area (Å²) in [6.07, 6.45) is -3.97. The number of benzene rings is 2. The van der Waals surface area contributed by atoms with Crippen LogP contribution in [-0.2, 0) is 6.42 Å². The summed E-state index contributed by atoms with van der Waals surface area (Å²) in [7, 11) is 0. The van der Waals surface area contributed by atoms with E-state index in [1.54, 1.807) is 26.0 Å². The van der Waals surface area contributed by atoms with Crippen molar-refractivity contribution in [1.82, 2.24) is 0 Å². The van der Waals surface area contributed by atoms with Crippen molar-refractivity contribution in [1.29, 1.82) is 0 Å². The van der Waals surface area contributed by atoms with Gasteiger partial charge in [0.2, 0.25) is 0 Å². The third kappa shape index (κ3) is 4.36. The topological polar surface area (TPSA) is 40.5 Å². The Hall–Kier alpha value is -1.78. The van der Waals surface area contributed by atoms with Crippen molar-refractivity contribution in [3.8, 4) is 11.1 Å². The molecule has 1 unspecified atom stereocenters. The van der Waals surface area contributed by atoms with E-state index in [2.05, 4.69) is 0 Å². The van der Waals surface area contributed by atoms with E-state index in [4.69, 9.17) is 0 Å². The first-order valence-corrected chi connectivity index (χ1v) is 7.14. The van der Waals surface area contributed by atoms with E-state index in [1.165, 1.54) is 12.1 Å². The standard InChI is InChI=1S/C18H20F2O2/c1-18(2,22)11-12-3-5-13(6-4-12)14-7-9-15(10-8-14)16(21)17(19)20/h3-10,16-17,21-22H,11H2,1-2H3. The van der Waals surface area contributed by atoms with Gasteiger partial charge in [0, 0.05) is 6.42 Å². The first-order valence-electron chi connectivity index (χ1n) is 7.14.